The van der Waals surface area contributed by atoms with E-state index < -0.39 is 15.8 Å². The summed E-state index contributed by atoms with van der Waals surface area (Å²) in [5, 5.41) is 0. The summed E-state index contributed by atoms with van der Waals surface area (Å²) in [6.45, 7) is 2.21. The Morgan fingerprint density at radius 1 is 1.47 bits per heavy atom. The maximum absolute atomic E-state index is 13.2. The first-order chi connectivity index (χ1) is 8.93. The molecule has 0 spiro atoms. The number of rotatable bonds is 3. The highest BCUT2D eigenvalue weighted by molar-refractivity contribution is 7.89. The fraction of sp³-hybridized carbons (Fsp3) is 0.500. The summed E-state index contributed by atoms with van der Waals surface area (Å²) in [5.74, 6) is -0.351. The number of alkyl halides is 1. The molecule has 4 nitrogen and oxygen atoms in total. The van der Waals surface area contributed by atoms with Crippen LogP contribution in [0.25, 0.3) is 0 Å². The average Bonchev–Trinajstić information content (AvgIpc) is 2.38. The summed E-state index contributed by atoms with van der Waals surface area (Å²) in [4.78, 5) is -0.0464. The molecule has 0 radical (unpaired) electrons. The molecule has 1 saturated heterocycles. The van der Waals surface area contributed by atoms with Crippen molar-refractivity contribution in [2.24, 2.45) is 0 Å². The van der Waals surface area contributed by atoms with Gasteiger partial charge in [-0.25, -0.2) is 12.8 Å². The molecule has 106 valence electrons. The minimum absolute atomic E-state index is 0.0464. The van der Waals surface area contributed by atoms with Crippen LogP contribution in [-0.4, -0.2) is 43.9 Å². The van der Waals surface area contributed by atoms with E-state index in [0.717, 1.165) is 6.07 Å². The van der Waals surface area contributed by atoms with Gasteiger partial charge in [0, 0.05) is 19.0 Å². The lowest BCUT2D eigenvalue weighted by Gasteiger charge is -2.35. The summed E-state index contributed by atoms with van der Waals surface area (Å²) >= 11 is 5.73. The maximum Gasteiger partial charge on any atom is 0.243 e. The molecule has 2 atom stereocenters. The van der Waals surface area contributed by atoms with Crippen LogP contribution < -0.4 is 0 Å². The number of nitrogens with zero attached hydrogens (tertiary/aromatic N) is 1. The van der Waals surface area contributed by atoms with Gasteiger partial charge in [-0.1, -0.05) is 6.07 Å². The third-order valence-corrected chi connectivity index (χ3v) is 5.07. The van der Waals surface area contributed by atoms with Crippen LogP contribution in [0, 0.1) is 5.82 Å². The Kier molecular flexibility index (Phi) is 4.45. The zero-order chi connectivity index (χ0) is 14.0. The van der Waals surface area contributed by atoms with Gasteiger partial charge in [-0.2, -0.15) is 4.31 Å². The van der Waals surface area contributed by atoms with E-state index in [1.54, 1.807) is 6.92 Å². The first-order valence-electron chi connectivity index (χ1n) is 5.90. The molecule has 1 aromatic rings. The molecule has 0 aromatic heterocycles. The second kappa shape index (κ2) is 5.75. The van der Waals surface area contributed by atoms with Gasteiger partial charge >= 0.3 is 0 Å². The summed E-state index contributed by atoms with van der Waals surface area (Å²) in [6.07, 6.45) is -0.574. The second-order valence-electron chi connectivity index (χ2n) is 4.50. The lowest BCUT2D eigenvalue weighted by Crippen LogP contribution is -2.49. The molecule has 2 rings (SSSR count). The highest BCUT2D eigenvalue weighted by Gasteiger charge is 2.33. The molecule has 2 unspecified atom stereocenters. The summed E-state index contributed by atoms with van der Waals surface area (Å²) < 4.78 is 44.8. The van der Waals surface area contributed by atoms with Crippen molar-refractivity contribution < 1.29 is 17.5 Å². The van der Waals surface area contributed by atoms with Gasteiger partial charge in [0.1, 0.15) is 5.82 Å². The van der Waals surface area contributed by atoms with Crippen molar-refractivity contribution in [2.45, 2.75) is 24.0 Å². The summed E-state index contributed by atoms with van der Waals surface area (Å²) in [5.41, 5.74) is 0. The van der Waals surface area contributed by atoms with Crippen molar-refractivity contribution in [2.75, 3.05) is 19.0 Å². The van der Waals surface area contributed by atoms with E-state index in [-0.39, 0.29) is 36.1 Å². The van der Waals surface area contributed by atoms with Gasteiger partial charge in [-0.3, -0.25) is 0 Å². The molecule has 1 aliphatic rings. The predicted molar refractivity (Wildman–Crippen MR) is 70.2 cm³/mol. The SMILES string of the molecule is CC1CN(S(=O)(=O)c2cccc(F)c2)CC(CCl)O1. The van der Waals surface area contributed by atoms with Gasteiger partial charge < -0.3 is 4.74 Å². The number of benzene rings is 1. The number of ether oxygens (including phenoxy) is 1. The normalized spacial score (nSPS) is 25.4. The highest BCUT2D eigenvalue weighted by atomic mass is 35.5. The lowest BCUT2D eigenvalue weighted by atomic mass is 10.3. The van der Waals surface area contributed by atoms with Gasteiger partial charge in [-0.05, 0) is 25.1 Å². The van der Waals surface area contributed by atoms with E-state index in [1.807, 2.05) is 0 Å². The second-order valence-corrected chi connectivity index (χ2v) is 6.75. The van der Waals surface area contributed by atoms with E-state index >= 15 is 0 Å². The van der Waals surface area contributed by atoms with E-state index in [0.29, 0.717) is 0 Å². The number of morpholine rings is 1. The number of hydrogen-bond acceptors (Lipinski definition) is 3. The Morgan fingerprint density at radius 2 is 2.21 bits per heavy atom. The van der Waals surface area contributed by atoms with Crippen LogP contribution in [-0.2, 0) is 14.8 Å². The fourth-order valence-electron chi connectivity index (χ4n) is 2.06. The van der Waals surface area contributed by atoms with Crippen LogP contribution in [0.1, 0.15) is 6.92 Å². The number of hydrogen-bond donors (Lipinski definition) is 0. The van der Waals surface area contributed by atoms with Gasteiger partial charge in [0.2, 0.25) is 10.0 Å². The molecule has 1 fully saturated rings. The predicted octanol–water partition coefficient (Wildman–Crippen LogP) is 1.84. The van der Waals surface area contributed by atoms with E-state index in [4.69, 9.17) is 16.3 Å². The molecule has 1 aromatic carbocycles. The molecule has 0 aliphatic carbocycles. The number of halogens is 2. The van der Waals surface area contributed by atoms with Crippen molar-refractivity contribution in [3.05, 3.63) is 30.1 Å². The van der Waals surface area contributed by atoms with Crippen LogP contribution in [0.4, 0.5) is 4.39 Å². The Bertz CT molecular complexity index is 552. The molecule has 7 heteroatoms. The van der Waals surface area contributed by atoms with Gasteiger partial charge in [0.15, 0.2) is 0 Å². The van der Waals surface area contributed by atoms with Gasteiger partial charge in [0.05, 0.1) is 17.1 Å². The standard InChI is InChI=1S/C12H15ClFNO3S/c1-9-7-15(8-11(6-13)18-9)19(16,17)12-4-2-3-10(14)5-12/h2-5,9,11H,6-8H2,1H3. The monoisotopic (exact) mass is 307 g/mol. The van der Waals surface area contributed by atoms with Crippen molar-refractivity contribution in [3.63, 3.8) is 0 Å². The average molecular weight is 308 g/mol. The van der Waals surface area contributed by atoms with Crippen molar-refractivity contribution in [1.29, 1.82) is 0 Å². The van der Waals surface area contributed by atoms with Crippen molar-refractivity contribution in [1.82, 2.24) is 4.31 Å². The highest BCUT2D eigenvalue weighted by Crippen LogP contribution is 2.22. The zero-order valence-corrected chi connectivity index (χ0v) is 12.0. The largest absolute Gasteiger partial charge is 0.371 e. The molecule has 1 heterocycles. The minimum atomic E-state index is -3.71. The maximum atomic E-state index is 13.2. The van der Waals surface area contributed by atoms with Crippen LogP contribution in [0.2, 0.25) is 0 Å². The molecule has 0 bridgehead atoms. The summed E-state index contributed by atoms with van der Waals surface area (Å²) in [7, 11) is -3.71. The zero-order valence-electron chi connectivity index (χ0n) is 10.4. The van der Waals surface area contributed by atoms with Gasteiger partial charge in [0.25, 0.3) is 0 Å². The Balaban J connectivity index is 2.29. The topological polar surface area (TPSA) is 46.6 Å². The van der Waals surface area contributed by atoms with Crippen LogP contribution in [0.15, 0.2) is 29.2 Å². The molecule has 1 aliphatic heterocycles. The molecule has 0 N–H and O–H groups in total. The minimum Gasteiger partial charge on any atom is -0.371 e. The third kappa shape index (κ3) is 3.25. The van der Waals surface area contributed by atoms with Crippen molar-refractivity contribution >= 4 is 21.6 Å². The fourth-order valence-corrected chi connectivity index (χ4v) is 3.81. The van der Waals surface area contributed by atoms with Crippen LogP contribution >= 0.6 is 11.6 Å². The van der Waals surface area contributed by atoms with Crippen molar-refractivity contribution in [3.8, 4) is 0 Å². The Hall–Kier alpha value is -0.690. The lowest BCUT2D eigenvalue weighted by molar-refractivity contribution is -0.0423. The van der Waals surface area contributed by atoms with Crippen LogP contribution in [0.5, 0.6) is 0 Å². The molecular formula is C12H15ClFNO3S. The summed E-state index contributed by atoms with van der Waals surface area (Å²) in [6, 6.07) is 4.99. The third-order valence-electron chi connectivity index (χ3n) is 2.90. The Morgan fingerprint density at radius 3 is 2.84 bits per heavy atom. The number of sulfonamides is 1. The molecule has 19 heavy (non-hydrogen) atoms. The first-order valence-corrected chi connectivity index (χ1v) is 7.88. The van der Waals surface area contributed by atoms with E-state index in [1.165, 1.54) is 22.5 Å². The van der Waals surface area contributed by atoms with E-state index in [9.17, 15) is 12.8 Å². The van der Waals surface area contributed by atoms with E-state index in [2.05, 4.69) is 0 Å². The molecule has 0 saturated carbocycles. The molecule has 0 amide bonds. The first kappa shape index (κ1) is 14.7. The van der Waals surface area contributed by atoms with Crippen LogP contribution in [0.3, 0.4) is 0 Å². The van der Waals surface area contributed by atoms with Gasteiger partial charge in [-0.15, -0.1) is 11.6 Å². The molecular weight excluding hydrogens is 293 g/mol. The Labute approximate surface area is 117 Å². The quantitative estimate of drug-likeness (QED) is 0.801. The smallest absolute Gasteiger partial charge is 0.243 e.